The van der Waals surface area contributed by atoms with Gasteiger partial charge in [0.15, 0.2) is 15.4 Å². The molecule has 0 saturated heterocycles. The largest absolute Gasteiger partial charge is 0.439 e. The minimum atomic E-state index is -3.60. The van der Waals surface area contributed by atoms with Crippen molar-refractivity contribution in [2.75, 3.05) is 23.5 Å². The normalized spacial score (nSPS) is 12.8. The number of para-hydroxylation sites is 1. The van der Waals surface area contributed by atoms with E-state index in [1.165, 1.54) is 0 Å². The standard InChI is InChI=1S/C11H14N2O5S2/c1-19(14,15)5-6-20(16,17)7-10-13-11-8(12)3-2-4-9(11)18-10/h2-4H,5-7,12H2,1H3. The second kappa shape index (κ2) is 5.06. The number of anilines is 1. The first kappa shape index (κ1) is 14.8. The molecule has 1 aromatic carbocycles. The van der Waals surface area contributed by atoms with Crippen LogP contribution < -0.4 is 5.73 Å². The number of nitrogen functional groups attached to an aromatic ring is 1. The quantitative estimate of drug-likeness (QED) is 0.790. The molecule has 0 aliphatic heterocycles. The number of benzene rings is 1. The van der Waals surface area contributed by atoms with Crippen LogP contribution in [0.4, 0.5) is 5.69 Å². The predicted molar refractivity (Wildman–Crippen MR) is 75.6 cm³/mol. The van der Waals surface area contributed by atoms with Crippen LogP contribution in [0.1, 0.15) is 5.89 Å². The summed E-state index contributed by atoms with van der Waals surface area (Å²) in [6, 6.07) is 4.93. The number of rotatable bonds is 5. The Balaban J connectivity index is 2.21. The van der Waals surface area contributed by atoms with Gasteiger partial charge in [-0.1, -0.05) is 6.07 Å². The molecule has 0 aliphatic carbocycles. The molecule has 2 aromatic rings. The first-order valence-electron chi connectivity index (χ1n) is 5.68. The van der Waals surface area contributed by atoms with Gasteiger partial charge in [-0.15, -0.1) is 0 Å². The number of nitrogens with zero attached hydrogens (tertiary/aromatic N) is 1. The highest BCUT2D eigenvalue weighted by atomic mass is 32.2. The highest BCUT2D eigenvalue weighted by Crippen LogP contribution is 2.22. The summed E-state index contributed by atoms with van der Waals surface area (Å²) in [5.41, 5.74) is 6.90. The van der Waals surface area contributed by atoms with Gasteiger partial charge in [0.05, 0.1) is 17.2 Å². The minimum Gasteiger partial charge on any atom is -0.439 e. The van der Waals surface area contributed by atoms with E-state index >= 15 is 0 Å². The lowest BCUT2D eigenvalue weighted by Crippen LogP contribution is -2.17. The fraction of sp³-hybridized carbons (Fsp3) is 0.364. The van der Waals surface area contributed by atoms with Crippen molar-refractivity contribution in [3.05, 3.63) is 24.1 Å². The number of oxazole rings is 1. The van der Waals surface area contributed by atoms with Crippen molar-refractivity contribution < 1.29 is 21.3 Å². The zero-order chi connectivity index (χ0) is 15.0. The predicted octanol–water partition coefficient (Wildman–Crippen LogP) is 0.369. The maximum absolute atomic E-state index is 11.8. The maximum Gasteiger partial charge on any atom is 0.210 e. The summed E-state index contributed by atoms with van der Waals surface area (Å²) >= 11 is 0. The molecule has 2 N–H and O–H groups in total. The Morgan fingerprint density at radius 1 is 1.20 bits per heavy atom. The lowest BCUT2D eigenvalue weighted by Gasteiger charge is -2.00. The van der Waals surface area contributed by atoms with Gasteiger partial charge in [0.25, 0.3) is 0 Å². The second-order valence-electron chi connectivity index (χ2n) is 4.52. The summed E-state index contributed by atoms with van der Waals surface area (Å²) in [5, 5.41) is 0. The highest BCUT2D eigenvalue weighted by molar-refractivity contribution is 7.94. The van der Waals surface area contributed by atoms with E-state index < -0.39 is 36.9 Å². The topological polar surface area (TPSA) is 120 Å². The van der Waals surface area contributed by atoms with Crippen LogP contribution in [-0.4, -0.2) is 39.6 Å². The summed E-state index contributed by atoms with van der Waals surface area (Å²) in [7, 11) is -6.94. The molecule has 110 valence electrons. The summed E-state index contributed by atoms with van der Waals surface area (Å²) in [6.07, 6.45) is 0.989. The maximum atomic E-state index is 11.8. The van der Waals surface area contributed by atoms with E-state index in [-0.39, 0.29) is 5.89 Å². The van der Waals surface area contributed by atoms with Crippen LogP contribution in [0.25, 0.3) is 11.1 Å². The van der Waals surface area contributed by atoms with Crippen molar-refractivity contribution in [3.8, 4) is 0 Å². The Bertz CT molecular complexity index is 837. The van der Waals surface area contributed by atoms with Gasteiger partial charge < -0.3 is 10.2 Å². The van der Waals surface area contributed by atoms with Crippen LogP contribution >= 0.6 is 0 Å². The van der Waals surface area contributed by atoms with E-state index in [2.05, 4.69) is 4.98 Å². The Morgan fingerprint density at radius 2 is 1.90 bits per heavy atom. The van der Waals surface area contributed by atoms with E-state index in [0.717, 1.165) is 6.26 Å². The van der Waals surface area contributed by atoms with Gasteiger partial charge in [0, 0.05) is 6.26 Å². The summed E-state index contributed by atoms with van der Waals surface area (Å²) in [5.74, 6) is -1.32. The zero-order valence-electron chi connectivity index (χ0n) is 10.7. The molecule has 7 nitrogen and oxygen atoms in total. The van der Waals surface area contributed by atoms with E-state index in [1.807, 2.05) is 0 Å². The molecule has 2 rings (SSSR count). The van der Waals surface area contributed by atoms with E-state index in [9.17, 15) is 16.8 Å². The van der Waals surface area contributed by atoms with E-state index in [0.29, 0.717) is 16.8 Å². The van der Waals surface area contributed by atoms with Gasteiger partial charge in [-0.2, -0.15) is 0 Å². The molecule has 0 fully saturated rings. The van der Waals surface area contributed by atoms with Crippen molar-refractivity contribution in [3.63, 3.8) is 0 Å². The monoisotopic (exact) mass is 318 g/mol. The van der Waals surface area contributed by atoms with Crippen LogP contribution in [-0.2, 0) is 25.4 Å². The molecular formula is C11H14N2O5S2. The number of hydrogen-bond donors (Lipinski definition) is 1. The van der Waals surface area contributed by atoms with Crippen LogP contribution in [0.15, 0.2) is 22.6 Å². The fourth-order valence-corrected chi connectivity index (χ4v) is 4.49. The minimum absolute atomic E-state index is 0.00593. The molecule has 0 radical (unpaired) electrons. The van der Waals surface area contributed by atoms with E-state index in [1.54, 1.807) is 18.2 Å². The van der Waals surface area contributed by atoms with Crippen LogP contribution in [0, 0.1) is 0 Å². The summed E-state index contributed by atoms with van der Waals surface area (Å²) < 4.78 is 50.9. The van der Waals surface area contributed by atoms with Gasteiger partial charge in [-0.25, -0.2) is 21.8 Å². The van der Waals surface area contributed by atoms with Crippen molar-refractivity contribution >= 4 is 36.5 Å². The Morgan fingerprint density at radius 3 is 2.50 bits per heavy atom. The van der Waals surface area contributed by atoms with Crippen LogP contribution in [0.5, 0.6) is 0 Å². The molecule has 1 aromatic heterocycles. The first-order valence-corrected chi connectivity index (χ1v) is 9.56. The van der Waals surface area contributed by atoms with Crippen molar-refractivity contribution in [1.82, 2.24) is 4.98 Å². The van der Waals surface area contributed by atoms with Gasteiger partial charge in [-0.05, 0) is 12.1 Å². The average Bonchev–Trinajstić information content (AvgIpc) is 2.69. The third-order valence-corrected chi connectivity index (χ3v) is 5.32. The number of aromatic nitrogens is 1. The molecule has 0 bridgehead atoms. The van der Waals surface area contributed by atoms with Gasteiger partial charge >= 0.3 is 0 Å². The fourth-order valence-electron chi connectivity index (χ4n) is 1.62. The van der Waals surface area contributed by atoms with Crippen LogP contribution in [0.2, 0.25) is 0 Å². The number of hydrogen-bond acceptors (Lipinski definition) is 7. The molecule has 9 heteroatoms. The van der Waals surface area contributed by atoms with Gasteiger partial charge in [0.1, 0.15) is 21.1 Å². The first-order chi connectivity index (χ1) is 9.16. The number of fused-ring (bicyclic) bond motifs is 1. The van der Waals surface area contributed by atoms with Crippen molar-refractivity contribution in [2.45, 2.75) is 5.75 Å². The molecule has 0 aliphatic rings. The second-order valence-corrected chi connectivity index (χ2v) is 8.97. The zero-order valence-corrected chi connectivity index (χ0v) is 12.4. The molecule has 0 spiro atoms. The highest BCUT2D eigenvalue weighted by Gasteiger charge is 2.19. The molecule has 1 heterocycles. The number of sulfone groups is 2. The van der Waals surface area contributed by atoms with Crippen molar-refractivity contribution in [1.29, 1.82) is 0 Å². The lowest BCUT2D eigenvalue weighted by molar-refractivity contribution is 0.540. The van der Waals surface area contributed by atoms with E-state index in [4.69, 9.17) is 10.2 Å². The molecule has 0 atom stereocenters. The van der Waals surface area contributed by atoms with Gasteiger partial charge in [0.2, 0.25) is 5.89 Å². The van der Waals surface area contributed by atoms with Crippen molar-refractivity contribution in [2.24, 2.45) is 0 Å². The third-order valence-electron chi connectivity index (χ3n) is 2.60. The lowest BCUT2D eigenvalue weighted by atomic mass is 10.3. The Hall–Kier alpha value is -1.61. The SMILES string of the molecule is CS(=O)(=O)CCS(=O)(=O)Cc1nc2c(N)cccc2o1. The Kier molecular flexibility index (Phi) is 3.74. The summed E-state index contributed by atoms with van der Waals surface area (Å²) in [6.45, 7) is 0. The summed E-state index contributed by atoms with van der Waals surface area (Å²) in [4.78, 5) is 4.02. The molecule has 0 amide bonds. The average molecular weight is 318 g/mol. The molecule has 20 heavy (non-hydrogen) atoms. The Labute approximate surface area is 116 Å². The van der Waals surface area contributed by atoms with Gasteiger partial charge in [-0.3, -0.25) is 0 Å². The molecule has 0 saturated carbocycles. The van der Waals surface area contributed by atoms with Crippen LogP contribution in [0.3, 0.4) is 0 Å². The molecular weight excluding hydrogens is 304 g/mol. The third kappa shape index (κ3) is 3.70. The smallest absolute Gasteiger partial charge is 0.210 e. The number of nitrogens with two attached hydrogens (primary N) is 1. The molecule has 0 unspecified atom stereocenters.